The third kappa shape index (κ3) is 2.58. The van der Waals surface area contributed by atoms with Crippen molar-refractivity contribution < 1.29 is 0 Å². The van der Waals surface area contributed by atoms with Crippen molar-refractivity contribution in [2.45, 2.75) is 0 Å². The summed E-state index contributed by atoms with van der Waals surface area (Å²) < 4.78 is 0.964. The topological polar surface area (TPSA) is 78.9 Å². The molecule has 0 radical (unpaired) electrons. The molecule has 0 atom stereocenters. The van der Waals surface area contributed by atoms with Gasteiger partial charge in [-0.3, -0.25) is 5.41 Å². The van der Waals surface area contributed by atoms with Gasteiger partial charge in [0.05, 0.1) is 3.57 Å². The van der Waals surface area contributed by atoms with Gasteiger partial charge in [-0.2, -0.15) is 0 Å². The van der Waals surface area contributed by atoms with E-state index < -0.39 is 0 Å². The van der Waals surface area contributed by atoms with Gasteiger partial charge in [0.25, 0.3) is 0 Å². The lowest BCUT2D eigenvalue weighted by atomic mass is 10.2. The molecule has 0 aliphatic rings. The number of amidine groups is 1. The van der Waals surface area contributed by atoms with E-state index >= 15 is 0 Å². The smallest absolute Gasteiger partial charge is 0.149 e. The predicted molar refractivity (Wildman–Crippen MR) is 80.3 cm³/mol. The van der Waals surface area contributed by atoms with E-state index in [1.54, 1.807) is 6.20 Å². The molecule has 18 heavy (non-hydrogen) atoms. The first-order valence-corrected chi connectivity index (χ1v) is 6.31. The molecule has 1 aromatic carbocycles. The molecule has 2 aromatic rings. The van der Waals surface area contributed by atoms with Crippen molar-refractivity contribution in [3.05, 3.63) is 45.9 Å². The van der Waals surface area contributed by atoms with Gasteiger partial charge in [0.1, 0.15) is 18.0 Å². The maximum atomic E-state index is 7.45. The Morgan fingerprint density at radius 1 is 1.44 bits per heavy atom. The van der Waals surface area contributed by atoms with Crippen LogP contribution in [0.3, 0.4) is 0 Å². The second kappa shape index (κ2) is 5.30. The highest BCUT2D eigenvalue weighted by Crippen LogP contribution is 2.25. The molecule has 2 rings (SSSR count). The minimum absolute atomic E-state index is 0.0580. The standard InChI is InChI=1S/C12H12IN5/c1-18(12-10(13)6-16-7-17-12)9-4-2-3-8(5-9)11(14)15/h2-7H,1H3,(H3,14,15). The van der Waals surface area contributed by atoms with Crippen LogP contribution in [0.5, 0.6) is 0 Å². The molecule has 0 unspecified atom stereocenters. The summed E-state index contributed by atoms with van der Waals surface area (Å²) in [5, 5.41) is 7.45. The minimum Gasteiger partial charge on any atom is -0.384 e. The molecule has 0 bridgehead atoms. The second-order valence-electron chi connectivity index (χ2n) is 3.72. The van der Waals surface area contributed by atoms with Crippen molar-refractivity contribution in [2.75, 3.05) is 11.9 Å². The molecule has 1 heterocycles. The van der Waals surface area contributed by atoms with E-state index in [0.717, 1.165) is 15.1 Å². The zero-order valence-corrected chi connectivity index (χ0v) is 11.9. The molecule has 6 heteroatoms. The number of nitrogens with one attached hydrogen (secondary N) is 1. The van der Waals surface area contributed by atoms with E-state index in [1.165, 1.54) is 6.33 Å². The van der Waals surface area contributed by atoms with Crippen molar-refractivity contribution in [1.82, 2.24) is 9.97 Å². The van der Waals surface area contributed by atoms with Crippen LogP contribution in [0, 0.1) is 8.98 Å². The Morgan fingerprint density at radius 2 is 2.22 bits per heavy atom. The van der Waals surface area contributed by atoms with Crippen LogP contribution >= 0.6 is 22.6 Å². The molecule has 3 N–H and O–H groups in total. The third-order valence-electron chi connectivity index (χ3n) is 2.51. The van der Waals surface area contributed by atoms with Gasteiger partial charge < -0.3 is 10.6 Å². The van der Waals surface area contributed by atoms with Crippen molar-refractivity contribution in [2.24, 2.45) is 5.73 Å². The fraction of sp³-hybridized carbons (Fsp3) is 0.0833. The summed E-state index contributed by atoms with van der Waals surface area (Å²) in [4.78, 5) is 10.2. The van der Waals surface area contributed by atoms with E-state index in [4.69, 9.17) is 11.1 Å². The molecular formula is C12H12IN5. The summed E-state index contributed by atoms with van der Waals surface area (Å²) in [5.41, 5.74) is 7.12. The Balaban J connectivity index is 2.40. The van der Waals surface area contributed by atoms with Gasteiger partial charge >= 0.3 is 0 Å². The normalized spacial score (nSPS) is 10.1. The molecule has 0 aliphatic carbocycles. The second-order valence-corrected chi connectivity index (χ2v) is 4.88. The summed E-state index contributed by atoms with van der Waals surface area (Å²) in [6.07, 6.45) is 3.27. The largest absolute Gasteiger partial charge is 0.384 e. The van der Waals surface area contributed by atoms with E-state index in [2.05, 4.69) is 32.6 Å². The molecule has 92 valence electrons. The Labute approximate surface area is 119 Å². The van der Waals surface area contributed by atoms with Crippen LogP contribution in [0.2, 0.25) is 0 Å². The number of halogens is 1. The number of anilines is 2. The van der Waals surface area contributed by atoms with Gasteiger partial charge in [-0.15, -0.1) is 0 Å². The molecule has 0 fully saturated rings. The van der Waals surface area contributed by atoms with Crippen LogP contribution in [0.15, 0.2) is 36.8 Å². The first kappa shape index (κ1) is 12.7. The van der Waals surface area contributed by atoms with Crippen LogP contribution in [-0.4, -0.2) is 22.9 Å². The number of benzene rings is 1. The van der Waals surface area contributed by atoms with Crippen LogP contribution < -0.4 is 10.6 Å². The van der Waals surface area contributed by atoms with Gasteiger partial charge in [0.15, 0.2) is 0 Å². The predicted octanol–water partition coefficient (Wildman–Crippen LogP) is 2.13. The Morgan fingerprint density at radius 3 is 2.89 bits per heavy atom. The van der Waals surface area contributed by atoms with Gasteiger partial charge in [-0.1, -0.05) is 12.1 Å². The maximum absolute atomic E-state index is 7.45. The van der Waals surface area contributed by atoms with Gasteiger partial charge in [0, 0.05) is 24.5 Å². The average Bonchev–Trinajstić information content (AvgIpc) is 2.38. The summed E-state index contributed by atoms with van der Waals surface area (Å²) >= 11 is 2.19. The zero-order chi connectivity index (χ0) is 13.1. The zero-order valence-electron chi connectivity index (χ0n) is 9.76. The molecule has 1 aromatic heterocycles. The molecule has 0 saturated heterocycles. The Hall–Kier alpha value is -1.70. The molecule has 0 amide bonds. The molecule has 5 nitrogen and oxygen atoms in total. The van der Waals surface area contributed by atoms with E-state index in [9.17, 15) is 0 Å². The average molecular weight is 353 g/mol. The van der Waals surface area contributed by atoms with Crippen LogP contribution in [0.25, 0.3) is 0 Å². The SMILES string of the molecule is CN(c1cccc(C(=N)N)c1)c1ncncc1I. The van der Waals surface area contributed by atoms with Gasteiger partial charge in [0.2, 0.25) is 0 Å². The third-order valence-corrected chi connectivity index (χ3v) is 3.27. The number of hydrogen-bond acceptors (Lipinski definition) is 4. The maximum Gasteiger partial charge on any atom is 0.149 e. The van der Waals surface area contributed by atoms with Gasteiger partial charge in [-0.05, 0) is 34.7 Å². The number of aromatic nitrogens is 2. The summed E-state index contributed by atoms with van der Waals surface area (Å²) in [5.74, 6) is 0.883. The van der Waals surface area contributed by atoms with Crippen LogP contribution in [-0.2, 0) is 0 Å². The van der Waals surface area contributed by atoms with Crippen molar-refractivity contribution in [3.8, 4) is 0 Å². The van der Waals surface area contributed by atoms with E-state index in [0.29, 0.717) is 5.56 Å². The first-order chi connectivity index (χ1) is 8.59. The highest BCUT2D eigenvalue weighted by molar-refractivity contribution is 14.1. The summed E-state index contributed by atoms with van der Waals surface area (Å²) in [6.45, 7) is 0. The van der Waals surface area contributed by atoms with E-state index in [-0.39, 0.29) is 5.84 Å². The van der Waals surface area contributed by atoms with E-state index in [1.807, 2.05) is 36.2 Å². The molecule has 0 spiro atoms. The molecular weight excluding hydrogens is 341 g/mol. The first-order valence-electron chi connectivity index (χ1n) is 5.23. The van der Waals surface area contributed by atoms with Crippen molar-refractivity contribution in [1.29, 1.82) is 5.41 Å². The lowest BCUT2D eigenvalue weighted by Gasteiger charge is -2.19. The number of rotatable bonds is 3. The number of nitrogens with two attached hydrogens (primary N) is 1. The van der Waals surface area contributed by atoms with Crippen LogP contribution in [0.4, 0.5) is 11.5 Å². The number of hydrogen-bond donors (Lipinski definition) is 2. The Kier molecular flexibility index (Phi) is 3.75. The number of nitrogen functional groups attached to an aromatic ring is 1. The summed E-state index contributed by atoms with van der Waals surface area (Å²) in [7, 11) is 1.92. The minimum atomic E-state index is 0.0580. The van der Waals surface area contributed by atoms with Crippen molar-refractivity contribution in [3.63, 3.8) is 0 Å². The van der Waals surface area contributed by atoms with Crippen molar-refractivity contribution >= 4 is 39.9 Å². The summed E-state index contributed by atoms with van der Waals surface area (Å²) in [6, 6.07) is 7.49. The highest BCUT2D eigenvalue weighted by atomic mass is 127. The van der Waals surface area contributed by atoms with Gasteiger partial charge in [-0.25, -0.2) is 9.97 Å². The molecule has 0 saturated carbocycles. The Bertz CT molecular complexity index is 584. The fourth-order valence-corrected chi connectivity index (χ4v) is 2.22. The number of nitrogens with zero attached hydrogens (tertiary/aromatic N) is 3. The lowest BCUT2D eigenvalue weighted by Crippen LogP contribution is -2.15. The molecule has 0 aliphatic heterocycles. The quantitative estimate of drug-likeness (QED) is 0.503. The highest BCUT2D eigenvalue weighted by Gasteiger charge is 2.10. The van der Waals surface area contributed by atoms with Crippen LogP contribution in [0.1, 0.15) is 5.56 Å². The monoisotopic (exact) mass is 353 g/mol. The lowest BCUT2D eigenvalue weighted by molar-refractivity contribution is 1.06. The fourth-order valence-electron chi connectivity index (χ4n) is 1.56.